The van der Waals surface area contributed by atoms with Crippen molar-refractivity contribution in [2.75, 3.05) is 0 Å². The van der Waals surface area contributed by atoms with Gasteiger partial charge in [0.05, 0.1) is 0 Å². The fraction of sp³-hybridized carbons (Fsp3) is 0.0909. The van der Waals surface area contributed by atoms with Crippen molar-refractivity contribution >= 4 is 28.2 Å². The smallest absolute Gasteiger partial charge is 0.0477 e. The number of hydrogen-bond donors (Lipinski definition) is 0. The lowest BCUT2D eigenvalue weighted by Crippen LogP contribution is -2.04. The molecule has 0 fully saturated rings. The maximum atomic E-state index is 6.74. The quantitative estimate of drug-likeness (QED) is 0.467. The van der Waals surface area contributed by atoms with Gasteiger partial charge >= 0.3 is 0 Å². The Morgan fingerprint density at radius 3 is 1.79 bits per heavy atom. The molecule has 0 bridgehead atoms. The average molecular weight is 353 g/mol. The Labute approximate surface area is 153 Å². The molecule has 0 saturated carbocycles. The zero-order chi connectivity index (χ0) is 16.9. The molecule has 0 saturated heterocycles. The number of benzene rings is 3. The maximum Gasteiger partial charge on any atom is 0.0477 e. The highest BCUT2D eigenvalue weighted by molar-refractivity contribution is 6.49. The highest BCUT2D eigenvalue weighted by Gasteiger charge is 2.19. The molecule has 3 rings (SSSR count). The van der Waals surface area contributed by atoms with Gasteiger partial charge in [0.15, 0.2) is 0 Å². The van der Waals surface area contributed by atoms with E-state index in [9.17, 15) is 0 Å². The molecule has 0 N–H and O–H groups in total. The lowest BCUT2D eigenvalue weighted by atomic mass is 9.84. The summed E-state index contributed by atoms with van der Waals surface area (Å²) in [6, 6.07) is 28.5. The highest BCUT2D eigenvalue weighted by Crippen LogP contribution is 2.37. The molecule has 0 amide bonds. The standard InChI is InChI=1S/C22H18Cl2/c1-16(22(24)19-10-6-3-7-11-19)21(17-8-4-2-5-9-17)18-12-14-20(23)15-13-18/h2-15,21H,1H3/b22-16+. The molecular formula is C22H18Cl2. The van der Waals surface area contributed by atoms with E-state index in [0.717, 1.165) is 21.2 Å². The van der Waals surface area contributed by atoms with Crippen molar-refractivity contribution in [2.45, 2.75) is 12.8 Å². The van der Waals surface area contributed by atoms with Crippen LogP contribution in [0, 0.1) is 0 Å². The van der Waals surface area contributed by atoms with Gasteiger partial charge in [-0.25, -0.2) is 0 Å². The van der Waals surface area contributed by atoms with Gasteiger partial charge in [-0.05, 0) is 41.3 Å². The second-order valence-electron chi connectivity index (χ2n) is 5.76. The molecule has 0 aliphatic rings. The zero-order valence-corrected chi connectivity index (χ0v) is 14.9. The summed E-state index contributed by atoms with van der Waals surface area (Å²) < 4.78 is 0. The van der Waals surface area contributed by atoms with Crippen molar-refractivity contribution in [3.05, 3.63) is 112 Å². The van der Waals surface area contributed by atoms with E-state index in [-0.39, 0.29) is 5.92 Å². The van der Waals surface area contributed by atoms with Crippen LogP contribution >= 0.6 is 23.2 Å². The lowest BCUT2D eigenvalue weighted by Gasteiger charge is -2.21. The minimum atomic E-state index is 0.0937. The summed E-state index contributed by atoms with van der Waals surface area (Å²) in [5.41, 5.74) is 4.55. The minimum Gasteiger partial charge on any atom is -0.0843 e. The first-order valence-electron chi connectivity index (χ1n) is 7.89. The van der Waals surface area contributed by atoms with Crippen LogP contribution < -0.4 is 0 Å². The summed E-state index contributed by atoms with van der Waals surface area (Å²) >= 11 is 12.8. The van der Waals surface area contributed by atoms with E-state index in [4.69, 9.17) is 23.2 Å². The van der Waals surface area contributed by atoms with Crippen LogP contribution in [-0.4, -0.2) is 0 Å². The van der Waals surface area contributed by atoms with E-state index >= 15 is 0 Å². The van der Waals surface area contributed by atoms with Crippen molar-refractivity contribution in [1.82, 2.24) is 0 Å². The van der Waals surface area contributed by atoms with E-state index in [1.54, 1.807) is 0 Å². The predicted molar refractivity (Wildman–Crippen MR) is 105 cm³/mol. The van der Waals surface area contributed by atoms with Crippen molar-refractivity contribution in [3.8, 4) is 0 Å². The van der Waals surface area contributed by atoms with Gasteiger partial charge in [-0.1, -0.05) is 96.0 Å². The topological polar surface area (TPSA) is 0 Å². The molecule has 1 atom stereocenters. The van der Waals surface area contributed by atoms with Gasteiger partial charge in [0, 0.05) is 16.0 Å². The molecule has 0 spiro atoms. The van der Waals surface area contributed by atoms with Gasteiger partial charge in [-0.15, -0.1) is 0 Å². The summed E-state index contributed by atoms with van der Waals surface area (Å²) in [7, 11) is 0. The first kappa shape index (κ1) is 16.8. The van der Waals surface area contributed by atoms with E-state index in [0.29, 0.717) is 0 Å². The molecule has 0 aliphatic carbocycles. The fourth-order valence-electron chi connectivity index (χ4n) is 2.93. The second-order valence-corrected chi connectivity index (χ2v) is 6.57. The van der Waals surface area contributed by atoms with Crippen LogP contribution in [0.2, 0.25) is 5.02 Å². The fourth-order valence-corrected chi connectivity index (χ4v) is 3.29. The molecule has 0 aliphatic heterocycles. The van der Waals surface area contributed by atoms with Crippen LogP contribution in [0.25, 0.3) is 5.03 Å². The molecule has 120 valence electrons. The summed E-state index contributed by atoms with van der Waals surface area (Å²) in [5.74, 6) is 0.0937. The largest absolute Gasteiger partial charge is 0.0843 e. The van der Waals surface area contributed by atoms with Crippen LogP contribution in [0.15, 0.2) is 90.5 Å². The Kier molecular flexibility index (Phi) is 5.40. The molecule has 0 radical (unpaired) electrons. The first-order chi connectivity index (χ1) is 11.7. The van der Waals surface area contributed by atoms with Gasteiger partial charge in [-0.3, -0.25) is 0 Å². The van der Waals surface area contributed by atoms with Crippen LogP contribution in [0.4, 0.5) is 0 Å². The summed E-state index contributed by atoms with van der Waals surface area (Å²) in [5, 5.41) is 1.53. The van der Waals surface area contributed by atoms with E-state index in [1.165, 1.54) is 11.1 Å². The van der Waals surface area contributed by atoms with Gasteiger partial charge in [0.25, 0.3) is 0 Å². The number of halogens is 2. The van der Waals surface area contributed by atoms with E-state index in [2.05, 4.69) is 43.3 Å². The first-order valence-corrected chi connectivity index (χ1v) is 8.64. The molecule has 24 heavy (non-hydrogen) atoms. The summed E-state index contributed by atoms with van der Waals surface area (Å²) in [4.78, 5) is 0. The van der Waals surface area contributed by atoms with Crippen molar-refractivity contribution in [2.24, 2.45) is 0 Å². The van der Waals surface area contributed by atoms with E-state index in [1.807, 2.05) is 48.5 Å². The second kappa shape index (κ2) is 7.70. The molecule has 0 aromatic heterocycles. The average Bonchev–Trinajstić information content (AvgIpc) is 2.64. The Morgan fingerprint density at radius 1 is 0.708 bits per heavy atom. The molecule has 0 heterocycles. The van der Waals surface area contributed by atoms with Crippen LogP contribution in [0.5, 0.6) is 0 Å². The molecule has 2 heteroatoms. The molecule has 3 aromatic rings. The molecule has 3 aromatic carbocycles. The van der Waals surface area contributed by atoms with Gasteiger partial charge in [0.2, 0.25) is 0 Å². The van der Waals surface area contributed by atoms with Crippen molar-refractivity contribution in [1.29, 1.82) is 0 Å². The monoisotopic (exact) mass is 352 g/mol. The van der Waals surface area contributed by atoms with Crippen LogP contribution in [-0.2, 0) is 0 Å². The van der Waals surface area contributed by atoms with E-state index < -0.39 is 0 Å². The Hall–Kier alpha value is -2.02. The third-order valence-electron chi connectivity index (χ3n) is 4.14. The summed E-state index contributed by atoms with van der Waals surface area (Å²) in [6.07, 6.45) is 0. The maximum absolute atomic E-state index is 6.74. The lowest BCUT2D eigenvalue weighted by molar-refractivity contribution is 0.953. The summed E-state index contributed by atoms with van der Waals surface area (Å²) in [6.45, 7) is 2.10. The molecule has 1 unspecified atom stereocenters. The molecule has 0 nitrogen and oxygen atoms in total. The van der Waals surface area contributed by atoms with Crippen LogP contribution in [0.3, 0.4) is 0 Å². The predicted octanol–water partition coefficient (Wildman–Crippen LogP) is 7.14. The normalized spacial score (nSPS) is 13.3. The van der Waals surface area contributed by atoms with Gasteiger partial charge in [0.1, 0.15) is 0 Å². The highest BCUT2D eigenvalue weighted by atomic mass is 35.5. The third kappa shape index (κ3) is 3.72. The molecular weight excluding hydrogens is 335 g/mol. The number of allylic oxidation sites excluding steroid dienone is 1. The van der Waals surface area contributed by atoms with Crippen molar-refractivity contribution < 1.29 is 0 Å². The minimum absolute atomic E-state index is 0.0937. The SMILES string of the molecule is C/C(=C(\Cl)c1ccccc1)C(c1ccccc1)c1ccc(Cl)cc1. The van der Waals surface area contributed by atoms with Crippen molar-refractivity contribution in [3.63, 3.8) is 0 Å². The van der Waals surface area contributed by atoms with Gasteiger partial charge in [-0.2, -0.15) is 0 Å². The Bertz CT molecular complexity index is 819. The van der Waals surface area contributed by atoms with Crippen LogP contribution in [0.1, 0.15) is 29.5 Å². The Balaban J connectivity index is 2.13. The zero-order valence-electron chi connectivity index (χ0n) is 13.4. The Morgan fingerprint density at radius 2 is 1.21 bits per heavy atom. The third-order valence-corrected chi connectivity index (χ3v) is 4.91. The van der Waals surface area contributed by atoms with Gasteiger partial charge < -0.3 is 0 Å². The number of rotatable bonds is 4. The number of hydrogen-bond acceptors (Lipinski definition) is 0.